The third-order valence-electron chi connectivity index (χ3n) is 5.58. The van der Waals surface area contributed by atoms with Crippen LogP contribution in [0.4, 0.5) is 0 Å². The number of benzene rings is 2. The van der Waals surface area contributed by atoms with Gasteiger partial charge in [0.2, 0.25) is 6.79 Å². The second-order valence-corrected chi connectivity index (χ2v) is 7.69. The molecule has 6 nitrogen and oxygen atoms in total. The maximum Gasteiger partial charge on any atom is 0.263 e. The Morgan fingerprint density at radius 1 is 1.10 bits per heavy atom. The van der Waals surface area contributed by atoms with Gasteiger partial charge >= 0.3 is 0 Å². The molecule has 2 aliphatic heterocycles. The van der Waals surface area contributed by atoms with E-state index in [0.29, 0.717) is 24.0 Å². The number of hydrogen-bond donors (Lipinski definition) is 1. The second-order valence-electron chi connectivity index (χ2n) is 7.69. The zero-order valence-corrected chi connectivity index (χ0v) is 16.8. The summed E-state index contributed by atoms with van der Waals surface area (Å²) in [6.45, 7) is 2.26. The van der Waals surface area contributed by atoms with Crippen molar-refractivity contribution in [2.75, 3.05) is 19.9 Å². The number of hydrogen-bond acceptors (Lipinski definition) is 5. The van der Waals surface area contributed by atoms with Gasteiger partial charge in [-0.1, -0.05) is 36.4 Å². The van der Waals surface area contributed by atoms with E-state index < -0.39 is 0 Å². The molecular formula is C24H25N3O3. The molecule has 6 heteroatoms. The Balaban J connectivity index is 1.28. The minimum atomic E-state index is -0.360. The highest BCUT2D eigenvalue weighted by atomic mass is 16.7. The molecule has 0 atom stereocenters. The first-order valence-corrected chi connectivity index (χ1v) is 10.3. The van der Waals surface area contributed by atoms with Crippen molar-refractivity contribution < 1.29 is 14.3 Å². The van der Waals surface area contributed by atoms with Gasteiger partial charge in [-0.2, -0.15) is 5.26 Å². The van der Waals surface area contributed by atoms with Crippen LogP contribution in [0.5, 0.6) is 11.5 Å². The van der Waals surface area contributed by atoms with Gasteiger partial charge in [-0.25, -0.2) is 0 Å². The summed E-state index contributed by atoms with van der Waals surface area (Å²) < 4.78 is 10.6. The summed E-state index contributed by atoms with van der Waals surface area (Å²) in [5, 5.41) is 12.3. The number of ether oxygens (including phenoxy) is 2. The van der Waals surface area contributed by atoms with E-state index in [4.69, 9.17) is 9.47 Å². The quantitative estimate of drug-likeness (QED) is 0.591. The van der Waals surface area contributed by atoms with Crippen LogP contribution in [-0.2, 0) is 17.8 Å². The standard InChI is InChI=1S/C24H25N3O3/c25-14-21(24(28)26-15-20-6-7-22-23(13-20)30-17-29-22)16-27-10-8-19(9-11-27)12-18-4-2-1-3-5-18/h1-7,13,16,19H,8-12,15,17H2,(H,26,28)/b21-16-. The van der Waals surface area contributed by atoms with Crippen LogP contribution >= 0.6 is 0 Å². The predicted octanol–water partition coefficient (Wildman–Crippen LogP) is 3.39. The Bertz CT molecular complexity index is 957. The van der Waals surface area contributed by atoms with Gasteiger partial charge < -0.3 is 19.7 Å². The van der Waals surface area contributed by atoms with E-state index in [1.165, 1.54) is 5.56 Å². The van der Waals surface area contributed by atoms with Crippen LogP contribution in [-0.4, -0.2) is 30.7 Å². The lowest BCUT2D eigenvalue weighted by molar-refractivity contribution is -0.117. The number of likely N-dealkylation sites (tertiary alicyclic amines) is 1. The lowest BCUT2D eigenvalue weighted by Gasteiger charge is -2.31. The van der Waals surface area contributed by atoms with Crippen molar-refractivity contribution in [1.82, 2.24) is 10.2 Å². The van der Waals surface area contributed by atoms with Crippen molar-refractivity contribution in [3.63, 3.8) is 0 Å². The molecule has 0 saturated carbocycles. The van der Waals surface area contributed by atoms with Gasteiger partial charge in [0.05, 0.1) is 0 Å². The molecule has 2 aromatic rings. The van der Waals surface area contributed by atoms with Crippen molar-refractivity contribution in [3.05, 3.63) is 71.4 Å². The summed E-state index contributed by atoms with van der Waals surface area (Å²) in [5.74, 6) is 1.67. The third-order valence-corrected chi connectivity index (χ3v) is 5.58. The number of carbonyl (C=O) groups excluding carboxylic acids is 1. The molecule has 30 heavy (non-hydrogen) atoms. The molecule has 2 heterocycles. The normalized spacial score (nSPS) is 16.2. The Kier molecular flexibility index (Phi) is 6.19. The summed E-state index contributed by atoms with van der Waals surface area (Å²) in [6, 6.07) is 18.1. The zero-order valence-electron chi connectivity index (χ0n) is 16.8. The van der Waals surface area contributed by atoms with Crippen LogP contribution in [0, 0.1) is 17.2 Å². The van der Waals surface area contributed by atoms with Crippen molar-refractivity contribution in [3.8, 4) is 17.6 Å². The molecule has 1 amide bonds. The highest BCUT2D eigenvalue weighted by molar-refractivity contribution is 5.97. The lowest BCUT2D eigenvalue weighted by atomic mass is 9.90. The SMILES string of the molecule is N#C/C(=C/N1CCC(Cc2ccccc2)CC1)C(=O)NCc1ccc2c(c1)OCO2. The molecule has 4 rings (SSSR count). The molecule has 1 N–H and O–H groups in total. The number of rotatable bonds is 6. The first-order chi connectivity index (χ1) is 14.7. The van der Waals surface area contributed by atoms with Crippen molar-refractivity contribution in [2.45, 2.75) is 25.8 Å². The summed E-state index contributed by atoms with van der Waals surface area (Å²) >= 11 is 0. The molecule has 0 unspecified atom stereocenters. The van der Waals surface area contributed by atoms with Crippen LogP contribution in [0.3, 0.4) is 0 Å². The third kappa shape index (κ3) is 4.93. The maximum atomic E-state index is 12.5. The van der Waals surface area contributed by atoms with E-state index in [2.05, 4.69) is 34.5 Å². The number of nitriles is 1. The van der Waals surface area contributed by atoms with E-state index >= 15 is 0 Å². The summed E-state index contributed by atoms with van der Waals surface area (Å²) in [5.41, 5.74) is 2.40. The highest BCUT2D eigenvalue weighted by Gasteiger charge is 2.20. The first kappa shape index (κ1) is 19.8. The first-order valence-electron chi connectivity index (χ1n) is 10.3. The molecule has 2 aromatic carbocycles. The van der Waals surface area contributed by atoms with Crippen LogP contribution in [0.25, 0.3) is 0 Å². The van der Waals surface area contributed by atoms with Gasteiger partial charge in [0.15, 0.2) is 11.5 Å². The molecule has 0 bridgehead atoms. The van der Waals surface area contributed by atoms with E-state index in [-0.39, 0.29) is 18.3 Å². The fourth-order valence-corrected chi connectivity index (χ4v) is 3.88. The fraction of sp³-hybridized carbons (Fsp3) is 0.333. The summed E-state index contributed by atoms with van der Waals surface area (Å²) in [6.07, 6.45) is 4.90. The lowest BCUT2D eigenvalue weighted by Crippen LogP contribution is -2.32. The Morgan fingerprint density at radius 2 is 1.87 bits per heavy atom. The molecule has 1 fully saturated rings. The monoisotopic (exact) mass is 403 g/mol. The molecule has 1 saturated heterocycles. The predicted molar refractivity (Wildman–Crippen MR) is 113 cm³/mol. The molecule has 2 aliphatic rings. The summed E-state index contributed by atoms with van der Waals surface area (Å²) in [7, 11) is 0. The summed E-state index contributed by atoms with van der Waals surface area (Å²) in [4.78, 5) is 14.6. The van der Waals surface area contributed by atoms with E-state index in [1.807, 2.05) is 30.3 Å². The molecular weight excluding hydrogens is 378 g/mol. The average Bonchev–Trinajstić information content (AvgIpc) is 3.25. The van der Waals surface area contributed by atoms with Crippen LogP contribution in [0.15, 0.2) is 60.3 Å². The second kappa shape index (κ2) is 9.36. The van der Waals surface area contributed by atoms with Crippen LogP contribution < -0.4 is 14.8 Å². The molecule has 0 spiro atoms. The number of fused-ring (bicyclic) bond motifs is 1. The Morgan fingerprint density at radius 3 is 2.63 bits per heavy atom. The van der Waals surface area contributed by atoms with Gasteiger partial charge in [-0.05, 0) is 48.4 Å². The van der Waals surface area contributed by atoms with Gasteiger partial charge in [0.25, 0.3) is 5.91 Å². The van der Waals surface area contributed by atoms with Gasteiger partial charge in [-0.3, -0.25) is 4.79 Å². The van der Waals surface area contributed by atoms with Gasteiger partial charge in [0, 0.05) is 25.8 Å². The maximum absolute atomic E-state index is 12.5. The van der Waals surface area contributed by atoms with Crippen LogP contribution in [0.1, 0.15) is 24.0 Å². The number of piperidine rings is 1. The minimum absolute atomic E-state index is 0.136. The van der Waals surface area contributed by atoms with Crippen LogP contribution in [0.2, 0.25) is 0 Å². The Hall–Kier alpha value is -3.46. The highest BCUT2D eigenvalue weighted by Crippen LogP contribution is 2.32. The smallest absolute Gasteiger partial charge is 0.263 e. The largest absolute Gasteiger partial charge is 0.454 e. The average molecular weight is 403 g/mol. The minimum Gasteiger partial charge on any atom is -0.454 e. The fourth-order valence-electron chi connectivity index (χ4n) is 3.88. The number of nitrogens with one attached hydrogen (secondary N) is 1. The molecule has 0 radical (unpaired) electrons. The zero-order chi connectivity index (χ0) is 20.8. The van der Waals surface area contributed by atoms with E-state index in [0.717, 1.165) is 37.9 Å². The van der Waals surface area contributed by atoms with Crippen molar-refractivity contribution >= 4 is 5.91 Å². The molecule has 0 aliphatic carbocycles. The number of amides is 1. The number of carbonyl (C=O) groups is 1. The van der Waals surface area contributed by atoms with E-state index in [9.17, 15) is 10.1 Å². The van der Waals surface area contributed by atoms with E-state index in [1.54, 1.807) is 6.20 Å². The molecule has 154 valence electrons. The van der Waals surface area contributed by atoms with Crippen molar-refractivity contribution in [1.29, 1.82) is 5.26 Å². The van der Waals surface area contributed by atoms with Gasteiger partial charge in [0.1, 0.15) is 11.6 Å². The number of nitrogens with zero attached hydrogens (tertiary/aromatic N) is 2. The van der Waals surface area contributed by atoms with Gasteiger partial charge in [-0.15, -0.1) is 0 Å². The molecule has 0 aromatic heterocycles. The van der Waals surface area contributed by atoms with Crippen molar-refractivity contribution in [2.24, 2.45) is 5.92 Å². The Labute approximate surface area is 176 Å². The topological polar surface area (TPSA) is 74.6 Å².